The van der Waals surface area contributed by atoms with Gasteiger partial charge in [0.05, 0.1) is 7.11 Å². The van der Waals surface area contributed by atoms with Gasteiger partial charge >= 0.3 is 0 Å². The van der Waals surface area contributed by atoms with Gasteiger partial charge in [0.1, 0.15) is 17.3 Å². The van der Waals surface area contributed by atoms with Gasteiger partial charge in [-0.15, -0.1) is 0 Å². The number of carbonyl (C=O) groups is 2. The van der Waals surface area contributed by atoms with Gasteiger partial charge in [-0.05, 0) is 12.1 Å². The third-order valence-electron chi connectivity index (χ3n) is 3.14. The van der Waals surface area contributed by atoms with Crippen LogP contribution in [0, 0.1) is 11.6 Å². The van der Waals surface area contributed by atoms with E-state index in [4.69, 9.17) is 9.47 Å². The van der Waals surface area contributed by atoms with Crippen molar-refractivity contribution >= 4 is 11.6 Å². The molecule has 1 aliphatic heterocycles. The van der Waals surface area contributed by atoms with Crippen LogP contribution in [0.4, 0.5) is 8.78 Å². The molecule has 0 bridgehead atoms. The zero-order valence-corrected chi connectivity index (χ0v) is 10.8. The first kappa shape index (κ1) is 13.3. The Hall–Kier alpha value is -2.70. The van der Waals surface area contributed by atoms with Crippen LogP contribution in [0.15, 0.2) is 41.5 Å². The Labute approximate surface area is 117 Å². The second-order valence-corrected chi connectivity index (χ2v) is 4.42. The fourth-order valence-electron chi connectivity index (χ4n) is 2.13. The fraction of sp³-hybridized carbons (Fsp3) is 0.143. The summed E-state index contributed by atoms with van der Waals surface area (Å²) in [6, 6.07) is 2.93. The van der Waals surface area contributed by atoms with Crippen molar-refractivity contribution in [1.82, 2.24) is 5.32 Å². The van der Waals surface area contributed by atoms with Crippen LogP contribution in [0.1, 0.15) is 11.8 Å². The van der Waals surface area contributed by atoms with Crippen LogP contribution < -0.4 is 5.32 Å². The van der Waals surface area contributed by atoms with Crippen molar-refractivity contribution in [3.8, 4) is 0 Å². The second kappa shape index (κ2) is 4.69. The van der Waals surface area contributed by atoms with Crippen LogP contribution in [0.25, 0.3) is 0 Å². The Morgan fingerprint density at radius 3 is 2.71 bits per heavy atom. The minimum Gasteiger partial charge on any atom is -0.492 e. The maximum absolute atomic E-state index is 13.7. The summed E-state index contributed by atoms with van der Waals surface area (Å²) in [7, 11) is 1.25. The van der Waals surface area contributed by atoms with Gasteiger partial charge in [0.2, 0.25) is 11.5 Å². The van der Waals surface area contributed by atoms with Crippen molar-refractivity contribution in [3.05, 3.63) is 58.7 Å². The molecule has 7 heteroatoms. The highest BCUT2D eigenvalue weighted by molar-refractivity contribution is 6.21. The number of methoxy groups -OCH3 is 1. The molecule has 0 fully saturated rings. The molecule has 2 aliphatic rings. The van der Waals surface area contributed by atoms with Gasteiger partial charge in [-0.3, -0.25) is 9.59 Å². The van der Waals surface area contributed by atoms with E-state index >= 15 is 0 Å². The van der Waals surface area contributed by atoms with Gasteiger partial charge < -0.3 is 14.8 Å². The number of nitrogens with one attached hydrogen (secondary N) is 1. The molecule has 1 aromatic rings. The zero-order chi connectivity index (χ0) is 15.1. The number of hydrogen-bond donors (Lipinski definition) is 1. The molecular formula is C14H9F2NO4. The molecule has 1 unspecified atom stereocenters. The molecule has 3 rings (SSSR count). The van der Waals surface area contributed by atoms with Crippen LogP contribution in [0.3, 0.4) is 0 Å². The molecule has 108 valence electrons. The summed E-state index contributed by atoms with van der Waals surface area (Å²) < 4.78 is 36.7. The maximum atomic E-state index is 13.7. The number of hydrogen-bond acceptors (Lipinski definition) is 5. The van der Waals surface area contributed by atoms with Crippen molar-refractivity contribution in [1.29, 1.82) is 0 Å². The summed E-state index contributed by atoms with van der Waals surface area (Å²) >= 11 is 0. The Morgan fingerprint density at radius 2 is 2.05 bits per heavy atom. The van der Waals surface area contributed by atoms with Crippen molar-refractivity contribution in [3.63, 3.8) is 0 Å². The normalized spacial score (nSPS) is 20.7. The first-order chi connectivity index (χ1) is 10.0. The third-order valence-corrected chi connectivity index (χ3v) is 3.14. The maximum Gasteiger partial charge on any atom is 0.264 e. The van der Waals surface area contributed by atoms with E-state index < -0.39 is 29.4 Å². The van der Waals surface area contributed by atoms with Gasteiger partial charge in [-0.1, -0.05) is 0 Å². The number of halogens is 2. The molecule has 0 radical (unpaired) electrons. The lowest BCUT2D eigenvalue weighted by Gasteiger charge is -2.13. The summed E-state index contributed by atoms with van der Waals surface area (Å²) in [5, 5.41) is 2.62. The monoisotopic (exact) mass is 293 g/mol. The highest BCUT2D eigenvalue weighted by Gasteiger charge is 2.39. The van der Waals surface area contributed by atoms with Crippen molar-refractivity contribution < 1.29 is 27.8 Å². The lowest BCUT2D eigenvalue weighted by atomic mass is 10.1. The van der Waals surface area contributed by atoms with Crippen LogP contribution >= 0.6 is 0 Å². The Bertz CT molecular complexity index is 724. The highest BCUT2D eigenvalue weighted by atomic mass is 19.1. The van der Waals surface area contributed by atoms with Crippen LogP contribution in [0.5, 0.6) is 0 Å². The zero-order valence-electron chi connectivity index (χ0n) is 10.8. The van der Waals surface area contributed by atoms with Gasteiger partial charge in [-0.25, -0.2) is 8.78 Å². The minimum absolute atomic E-state index is 0.00892. The Morgan fingerprint density at radius 1 is 1.29 bits per heavy atom. The van der Waals surface area contributed by atoms with E-state index in [0.29, 0.717) is 6.07 Å². The average Bonchev–Trinajstić information content (AvgIpc) is 2.88. The Balaban J connectivity index is 1.91. The standard InChI is InChI=1S/C14H9F2NO4/c1-20-10-5-9(18)11-13(12(10)19)21-14(17-11)7-3-2-6(15)4-8(7)16/h2-5,14,17H,1H3. The van der Waals surface area contributed by atoms with E-state index in [9.17, 15) is 18.4 Å². The lowest BCUT2D eigenvalue weighted by molar-refractivity contribution is -0.120. The van der Waals surface area contributed by atoms with E-state index in [-0.39, 0.29) is 22.8 Å². The predicted molar refractivity (Wildman–Crippen MR) is 65.5 cm³/mol. The molecule has 1 aliphatic carbocycles. The first-order valence-electron chi connectivity index (χ1n) is 5.98. The van der Waals surface area contributed by atoms with Gasteiger partial charge in [0, 0.05) is 17.7 Å². The van der Waals surface area contributed by atoms with Crippen molar-refractivity contribution in [2.75, 3.05) is 7.11 Å². The molecule has 0 spiro atoms. The minimum atomic E-state index is -1.08. The number of benzene rings is 1. The van der Waals surface area contributed by atoms with E-state index in [1.54, 1.807) is 0 Å². The van der Waals surface area contributed by atoms with Crippen LogP contribution in [-0.4, -0.2) is 18.7 Å². The van der Waals surface area contributed by atoms with E-state index in [2.05, 4.69) is 5.32 Å². The molecule has 21 heavy (non-hydrogen) atoms. The predicted octanol–water partition coefficient (Wildman–Crippen LogP) is 1.48. The fourth-order valence-corrected chi connectivity index (χ4v) is 2.13. The second-order valence-electron chi connectivity index (χ2n) is 4.42. The molecule has 0 aromatic heterocycles. The number of carbonyl (C=O) groups excluding carboxylic acids is 2. The molecule has 5 nitrogen and oxygen atoms in total. The van der Waals surface area contributed by atoms with Crippen LogP contribution in [-0.2, 0) is 19.1 Å². The van der Waals surface area contributed by atoms with E-state index in [1.165, 1.54) is 13.2 Å². The van der Waals surface area contributed by atoms with Crippen LogP contribution in [0.2, 0.25) is 0 Å². The molecule has 0 saturated heterocycles. The van der Waals surface area contributed by atoms with Gasteiger partial charge in [0.15, 0.2) is 12.0 Å². The first-order valence-corrected chi connectivity index (χ1v) is 5.98. The molecule has 1 heterocycles. The Kier molecular flexibility index (Phi) is 2.97. The number of ether oxygens (including phenoxy) is 2. The smallest absolute Gasteiger partial charge is 0.264 e. The summed E-state index contributed by atoms with van der Waals surface area (Å²) in [5.41, 5.74) is -0.0695. The number of allylic oxidation sites excluding steroid dienone is 1. The van der Waals surface area contributed by atoms with E-state index in [0.717, 1.165) is 12.1 Å². The number of rotatable bonds is 2. The van der Waals surface area contributed by atoms with E-state index in [1.807, 2.05) is 0 Å². The van der Waals surface area contributed by atoms with Gasteiger partial charge in [0.25, 0.3) is 5.78 Å². The van der Waals surface area contributed by atoms with Gasteiger partial charge in [-0.2, -0.15) is 0 Å². The van der Waals surface area contributed by atoms with Crippen molar-refractivity contribution in [2.24, 2.45) is 0 Å². The third kappa shape index (κ3) is 2.06. The highest BCUT2D eigenvalue weighted by Crippen LogP contribution is 2.33. The topological polar surface area (TPSA) is 64.6 Å². The lowest BCUT2D eigenvalue weighted by Crippen LogP contribution is -2.23. The quantitative estimate of drug-likeness (QED) is 0.837. The van der Waals surface area contributed by atoms with Crippen molar-refractivity contribution in [2.45, 2.75) is 6.23 Å². The molecule has 1 aromatic carbocycles. The molecule has 1 atom stereocenters. The largest absolute Gasteiger partial charge is 0.492 e. The summed E-state index contributed by atoms with van der Waals surface area (Å²) in [4.78, 5) is 23.8. The summed E-state index contributed by atoms with van der Waals surface area (Å²) in [6.07, 6.45) is -0.0471. The molecular weight excluding hydrogens is 284 g/mol. The molecule has 0 amide bonds. The SMILES string of the molecule is COC1=CC(=O)C2=C(OC(c3ccc(F)cc3F)N2)C1=O. The summed E-state index contributed by atoms with van der Waals surface area (Å²) in [6.45, 7) is 0. The average molecular weight is 293 g/mol. The molecule has 0 saturated carbocycles. The number of Topliss-reactive ketones (excluding diaryl/α,β-unsaturated/α-hetero) is 1. The number of ketones is 2. The summed E-state index contributed by atoms with van der Waals surface area (Å²) in [5.74, 6) is -3.07. The molecule has 1 N–H and O–H groups in total.